The SMILES string of the molecule is CCOC(=O)C(CNC(=O)CCCCc1ccc2c(n1)N(C(=O)OC(C)(C)C)CCC2)NC(=O)C1CN(Sc2ccccc2)C1. The highest BCUT2D eigenvalue weighted by molar-refractivity contribution is 7.97. The standard InChI is InChI=1S/C33H45N5O6S/c1-5-43-31(41)27(36-30(40)24-21-37(22-24)45-26-14-7-6-8-15-26)20-34-28(39)16-10-9-13-25-18-17-23-12-11-19-38(29(23)35-25)32(42)44-33(2,3)4/h6-8,14-15,17-18,24,27H,5,9-13,16,19-22H2,1-4H3,(H,34,39)(H,36,40). The van der Waals surface area contributed by atoms with Gasteiger partial charge in [0, 0.05) is 43.2 Å². The number of carbonyl (C=O) groups excluding carboxylic acids is 4. The first-order valence-corrected chi connectivity index (χ1v) is 16.5. The van der Waals surface area contributed by atoms with Gasteiger partial charge in [0.2, 0.25) is 11.8 Å². The fourth-order valence-corrected chi connectivity index (χ4v) is 6.13. The van der Waals surface area contributed by atoms with Gasteiger partial charge in [0.05, 0.1) is 12.5 Å². The van der Waals surface area contributed by atoms with Crippen LogP contribution in [0, 0.1) is 5.92 Å². The molecule has 1 fully saturated rings. The Bertz CT molecular complexity index is 1330. The summed E-state index contributed by atoms with van der Waals surface area (Å²) in [5, 5.41) is 5.55. The second-order valence-electron chi connectivity index (χ2n) is 12.3. The Morgan fingerprint density at radius 2 is 1.82 bits per heavy atom. The van der Waals surface area contributed by atoms with E-state index in [1.807, 2.05) is 63.2 Å². The predicted molar refractivity (Wildman–Crippen MR) is 173 cm³/mol. The summed E-state index contributed by atoms with van der Waals surface area (Å²) in [6.07, 6.45) is 3.60. The molecule has 0 aliphatic carbocycles. The van der Waals surface area contributed by atoms with Crippen LogP contribution in [0.15, 0.2) is 47.4 Å². The maximum Gasteiger partial charge on any atom is 0.416 e. The second kappa shape index (κ2) is 16.1. The normalized spacial score (nSPS) is 15.8. The molecule has 2 N–H and O–H groups in total. The van der Waals surface area contributed by atoms with Crippen molar-refractivity contribution in [3.05, 3.63) is 53.7 Å². The third-order valence-electron chi connectivity index (χ3n) is 7.39. The summed E-state index contributed by atoms with van der Waals surface area (Å²) in [4.78, 5) is 58.2. The molecule has 2 aromatic rings. The van der Waals surface area contributed by atoms with E-state index in [0.717, 1.165) is 35.4 Å². The van der Waals surface area contributed by atoms with Crippen molar-refractivity contribution in [3.63, 3.8) is 0 Å². The summed E-state index contributed by atoms with van der Waals surface area (Å²) in [5.41, 5.74) is 1.29. The molecule has 244 valence electrons. The Hall–Kier alpha value is -3.64. The highest BCUT2D eigenvalue weighted by Gasteiger charge is 2.36. The molecule has 0 radical (unpaired) electrons. The van der Waals surface area contributed by atoms with E-state index >= 15 is 0 Å². The molecule has 2 aliphatic rings. The lowest BCUT2D eigenvalue weighted by Crippen LogP contribution is -2.56. The minimum Gasteiger partial charge on any atom is -0.464 e. The number of ether oxygens (including phenoxy) is 2. The molecular formula is C33H45N5O6S. The molecule has 1 saturated heterocycles. The fourth-order valence-electron chi connectivity index (χ4n) is 5.04. The number of esters is 1. The first kappa shape index (κ1) is 34.2. The molecule has 0 bridgehead atoms. The average molecular weight is 640 g/mol. The molecule has 0 saturated carbocycles. The predicted octanol–water partition coefficient (Wildman–Crippen LogP) is 4.29. The second-order valence-corrected chi connectivity index (χ2v) is 13.5. The van der Waals surface area contributed by atoms with Crippen molar-refractivity contribution in [2.75, 3.05) is 37.7 Å². The zero-order valence-corrected chi connectivity index (χ0v) is 27.5. The first-order valence-electron chi connectivity index (χ1n) is 15.7. The lowest BCUT2D eigenvalue weighted by atomic mass is 10.0. The van der Waals surface area contributed by atoms with Crippen LogP contribution in [0.2, 0.25) is 0 Å². The zero-order valence-electron chi connectivity index (χ0n) is 26.7. The molecule has 0 spiro atoms. The quantitative estimate of drug-likeness (QED) is 0.187. The van der Waals surface area contributed by atoms with Crippen LogP contribution in [-0.2, 0) is 36.7 Å². The molecule has 1 aromatic carbocycles. The maximum atomic E-state index is 12.8. The lowest BCUT2D eigenvalue weighted by molar-refractivity contribution is -0.148. The Morgan fingerprint density at radius 1 is 1.07 bits per heavy atom. The van der Waals surface area contributed by atoms with E-state index in [2.05, 4.69) is 14.9 Å². The van der Waals surface area contributed by atoms with Gasteiger partial charge in [0.15, 0.2) is 0 Å². The molecule has 45 heavy (non-hydrogen) atoms. The van der Waals surface area contributed by atoms with Crippen LogP contribution in [-0.4, -0.2) is 77.6 Å². The van der Waals surface area contributed by atoms with E-state index in [-0.39, 0.29) is 43.4 Å². The monoisotopic (exact) mass is 639 g/mol. The summed E-state index contributed by atoms with van der Waals surface area (Å²) >= 11 is 1.60. The zero-order chi connectivity index (χ0) is 32.4. The molecule has 12 heteroatoms. The van der Waals surface area contributed by atoms with Crippen LogP contribution >= 0.6 is 11.9 Å². The molecule has 2 aliphatic heterocycles. The Morgan fingerprint density at radius 3 is 2.53 bits per heavy atom. The highest BCUT2D eigenvalue weighted by atomic mass is 32.2. The van der Waals surface area contributed by atoms with E-state index in [1.54, 1.807) is 23.8 Å². The molecular weight excluding hydrogens is 594 g/mol. The van der Waals surface area contributed by atoms with E-state index in [4.69, 9.17) is 14.5 Å². The van der Waals surface area contributed by atoms with Crippen LogP contribution in [0.3, 0.4) is 0 Å². The van der Waals surface area contributed by atoms with E-state index in [9.17, 15) is 19.2 Å². The van der Waals surface area contributed by atoms with E-state index < -0.39 is 17.6 Å². The number of rotatable bonds is 13. The van der Waals surface area contributed by atoms with Crippen LogP contribution in [0.1, 0.15) is 64.6 Å². The van der Waals surface area contributed by atoms with Crippen molar-refractivity contribution in [1.82, 2.24) is 19.9 Å². The van der Waals surface area contributed by atoms with Gasteiger partial charge in [-0.25, -0.2) is 18.9 Å². The summed E-state index contributed by atoms with van der Waals surface area (Å²) in [6, 6.07) is 13.0. The van der Waals surface area contributed by atoms with Gasteiger partial charge in [-0.05, 0) is 95.5 Å². The minimum absolute atomic E-state index is 0.0362. The van der Waals surface area contributed by atoms with Crippen molar-refractivity contribution >= 4 is 41.6 Å². The number of anilines is 1. The number of hydrogen-bond donors (Lipinski definition) is 2. The maximum absolute atomic E-state index is 12.8. The number of aromatic nitrogens is 1. The molecule has 3 heterocycles. The average Bonchev–Trinajstić information content (AvgIpc) is 2.98. The molecule has 1 unspecified atom stereocenters. The number of pyridine rings is 1. The van der Waals surface area contributed by atoms with Gasteiger partial charge in [-0.15, -0.1) is 0 Å². The van der Waals surface area contributed by atoms with Gasteiger partial charge >= 0.3 is 12.1 Å². The number of nitrogens with zero attached hydrogens (tertiary/aromatic N) is 3. The number of carbonyl (C=O) groups is 4. The van der Waals surface area contributed by atoms with E-state index in [0.29, 0.717) is 38.3 Å². The topological polar surface area (TPSA) is 130 Å². The highest BCUT2D eigenvalue weighted by Crippen LogP contribution is 2.30. The molecule has 1 aromatic heterocycles. The Labute approximate surface area is 269 Å². The number of fused-ring (bicyclic) bond motifs is 1. The third kappa shape index (κ3) is 10.5. The number of benzene rings is 1. The van der Waals surface area contributed by atoms with Gasteiger partial charge in [0.25, 0.3) is 0 Å². The van der Waals surface area contributed by atoms with Gasteiger partial charge in [-0.1, -0.05) is 24.3 Å². The lowest BCUT2D eigenvalue weighted by Gasteiger charge is -2.37. The summed E-state index contributed by atoms with van der Waals surface area (Å²) in [6.45, 7) is 9.09. The smallest absolute Gasteiger partial charge is 0.416 e. The summed E-state index contributed by atoms with van der Waals surface area (Å²) in [7, 11) is 0. The minimum atomic E-state index is -0.954. The Kier molecular flexibility index (Phi) is 12.2. The first-order chi connectivity index (χ1) is 21.5. The van der Waals surface area contributed by atoms with Crippen LogP contribution < -0.4 is 15.5 Å². The molecule has 4 rings (SSSR count). The van der Waals surface area contributed by atoms with Crippen molar-refractivity contribution in [2.24, 2.45) is 5.92 Å². The fraction of sp³-hybridized carbons (Fsp3) is 0.545. The third-order valence-corrected chi connectivity index (χ3v) is 8.42. The van der Waals surface area contributed by atoms with E-state index in [1.165, 1.54) is 0 Å². The number of nitrogens with one attached hydrogen (secondary N) is 2. The van der Waals surface area contributed by atoms with Crippen LogP contribution in [0.25, 0.3) is 0 Å². The van der Waals surface area contributed by atoms with Gasteiger partial charge in [-0.2, -0.15) is 0 Å². The van der Waals surface area contributed by atoms with Gasteiger partial charge in [-0.3, -0.25) is 14.5 Å². The van der Waals surface area contributed by atoms with Crippen molar-refractivity contribution in [1.29, 1.82) is 0 Å². The van der Waals surface area contributed by atoms with Gasteiger partial charge in [0.1, 0.15) is 17.5 Å². The number of amides is 3. The van der Waals surface area contributed by atoms with Crippen LogP contribution in [0.4, 0.5) is 10.6 Å². The Balaban J connectivity index is 1.20. The largest absolute Gasteiger partial charge is 0.464 e. The summed E-state index contributed by atoms with van der Waals surface area (Å²) in [5.74, 6) is -0.582. The summed E-state index contributed by atoms with van der Waals surface area (Å²) < 4.78 is 12.8. The molecule has 11 nitrogen and oxygen atoms in total. The number of aryl methyl sites for hydroxylation is 2. The van der Waals surface area contributed by atoms with Gasteiger partial charge < -0.3 is 20.1 Å². The molecule has 1 atom stereocenters. The van der Waals surface area contributed by atoms with Crippen molar-refractivity contribution in [3.8, 4) is 0 Å². The number of hydrogen-bond acceptors (Lipinski definition) is 9. The molecule has 3 amide bonds. The van der Waals surface area contributed by atoms with Crippen molar-refractivity contribution in [2.45, 2.75) is 82.8 Å². The number of unbranched alkanes of at least 4 members (excludes halogenated alkanes) is 1. The van der Waals surface area contributed by atoms with Crippen LogP contribution in [0.5, 0.6) is 0 Å². The van der Waals surface area contributed by atoms with Crippen molar-refractivity contribution < 1.29 is 28.7 Å².